The normalized spacial score (nSPS) is 11.5. The van der Waals surface area contributed by atoms with Gasteiger partial charge in [0.2, 0.25) is 0 Å². The summed E-state index contributed by atoms with van der Waals surface area (Å²) >= 11 is 6.17. The van der Waals surface area contributed by atoms with Crippen LogP contribution in [0.15, 0.2) is 51.7 Å². The Morgan fingerprint density at radius 2 is 1.79 bits per heavy atom. The van der Waals surface area contributed by atoms with Crippen molar-refractivity contribution in [1.29, 1.82) is 0 Å². The van der Waals surface area contributed by atoms with E-state index < -0.39 is 11.6 Å². The van der Waals surface area contributed by atoms with E-state index in [-0.39, 0.29) is 18.6 Å². The number of fused-ring (bicyclic) bond motifs is 1. The molecule has 0 bridgehead atoms. The van der Waals surface area contributed by atoms with E-state index in [1.165, 1.54) is 11.6 Å². The zero-order valence-corrected chi connectivity index (χ0v) is 17.6. The molecule has 3 rings (SSSR count). The number of rotatable bonds is 5. The standard InChI is InChI=1S/C23H23ClO5/c1-14-9-20-18(11-19(14)24)15(10-21(25)29-20)12-28-22(26)13-27-17-7-5-16(6-8-17)23(2,3)4/h5-11H,12-13H2,1-4H3. The number of carbonyl (C=O) groups is 1. The van der Waals surface area contributed by atoms with Gasteiger partial charge in [0.25, 0.3) is 0 Å². The first kappa shape index (κ1) is 20.9. The third kappa shape index (κ3) is 5.18. The average Bonchev–Trinajstić information content (AvgIpc) is 2.65. The number of hydrogen-bond donors (Lipinski definition) is 0. The van der Waals surface area contributed by atoms with E-state index in [9.17, 15) is 9.59 Å². The molecule has 3 aromatic rings. The minimum Gasteiger partial charge on any atom is -0.482 e. The van der Waals surface area contributed by atoms with Crippen LogP contribution in [0.2, 0.25) is 5.02 Å². The van der Waals surface area contributed by atoms with Gasteiger partial charge >= 0.3 is 11.6 Å². The van der Waals surface area contributed by atoms with Gasteiger partial charge in [-0.25, -0.2) is 9.59 Å². The number of carbonyl (C=O) groups excluding carboxylic acids is 1. The Morgan fingerprint density at radius 1 is 1.10 bits per heavy atom. The highest BCUT2D eigenvalue weighted by Gasteiger charge is 2.14. The van der Waals surface area contributed by atoms with Gasteiger partial charge < -0.3 is 13.9 Å². The van der Waals surface area contributed by atoms with E-state index in [4.69, 9.17) is 25.5 Å². The van der Waals surface area contributed by atoms with Gasteiger partial charge in [0.05, 0.1) is 0 Å². The van der Waals surface area contributed by atoms with E-state index in [0.29, 0.717) is 27.3 Å². The van der Waals surface area contributed by atoms with Gasteiger partial charge in [0.1, 0.15) is 17.9 Å². The molecule has 0 fully saturated rings. The average molecular weight is 415 g/mol. The molecule has 0 spiro atoms. The lowest BCUT2D eigenvalue weighted by molar-refractivity contribution is -0.147. The maximum absolute atomic E-state index is 12.1. The van der Waals surface area contributed by atoms with Crippen LogP contribution in [0, 0.1) is 6.92 Å². The summed E-state index contributed by atoms with van der Waals surface area (Å²) in [6.45, 7) is 7.90. The number of hydrogen-bond acceptors (Lipinski definition) is 5. The van der Waals surface area contributed by atoms with E-state index in [1.807, 2.05) is 31.2 Å². The fraction of sp³-hybridized carbons (Fsp3) is 0.304. The summed E-state index contributed by atoms with van der Waals surface area (Å²) in [6, 6.07) is 12.3. The molecule has 6 heteroatoms. The summed E-state index contributed by atoms with van der Waals surface area (Å²) in [7, 11) is 0. The lowest BCUT2D eigenvalue weighted by Gasteiger charge is -2.19. The van der Waals surface area contributed by atoms with Crippen LogP contribution < -0.4 is 10.4 Å². The van der Waals surface area contributed by atoms with Gasteiger partial charge in [0, 0.05) is 22.0 Å². The van der Waals surface area contributed by atoms with Crippen LogP contribution >= 0.6 is 11.6 Å². The Morgan fingerprint density at radius 3 is 2.45 bits per heavy atom. The van der Waals surface area contributed by atoms with Gasteiger partial charge in [0.15, 0.2) is 6.61 Å². The molecular formula is C23H23ClO5. The van der Waals surface area contributed by atoms with Crippen molar-refractivity contribution in [3.63, 3.8) is 0 Å². The molecule has 0 aliphatic carbocycles. The monoisotopic (exact) mass is 414 g/mol. The maximum Gasteiger partial charge on any atom is 0.344 e. The largest absolute Gasteiger partial charge is 0.482 e. The van der Waals surface area contributed by atoms with Crippen LogP contribution in [0.25, 0.3) is 11.0 Å². The number of esters is 1. The Balaban J connectivity index is 1.64. The number of halogens is 1. The second-order valence-corrected chi connectivity index (χ2v) is 8.32. The molecule has 0 saturated heterocycles. The van der Waals surface area contributed by atoms with Crippen LogP contribution in [0.3, 0.4) is 0 Å². The smallest absolute Gasteiger partial charge is 0.344 e. The Hall–Kier alpha value is -2.79. The van der Waals surface area contributed by atoms with Gasteiger partial charge in [-0.3, -0.25) is 0 Å². The minimum absolute atomic E-state index is 0.0457. The molecule has 0 aliphatic rings. The first-order chi connectivity index (χ1) is 13.6. The molecule has 2 aromatic carbocycles. The molecule has 0 radical (unpaired) electrons. The third-order valence-corrected chi connectivity index (χ3v) is 4.98. The molecule has 0 saturated carbocycles. The number of aryl methyl sites for hydroxylation is 1. The van der Waals surface area contributed by atoms with Crippen LogP contribution in [0.1, 0.15) is 37.5 Å². The molecule has 29 heavy (non-hydrogen) atoms. The Kier molecular flexibility index (Phi) is 5.99. The molecule has 152 valence electrons. The summed E-state index contributed by atoms with van der Waals surface area (Å²) in [4.78, 5) is 23.9. The highest BCUT2D eigenvalue weighted by molar-refractivity contribution is 6.32. The van der Waals surface area contributed by atoms with Crippen molar-refractivity contribution in [2.45, 2.75) is 39.7 Å². The maximum atomic E-state index is 12.1. The van der Waals surface area contributed by atoms with E-state index in [0.717, 1.165) is 5.56 Å². The SMILES string of the molecule is Cc1cc2oc(=O)cc(COC(=O)COc3ccc(C(C)(C)C)cc3)c2cc1Cl. The van der Waals surface area contributed by atoms with Gasteiger partial charge in [-0.2, -0.15) is 0 Å². The van der Waals surface area contributed by atoms with Gasteiger partial charge in [-0.15, -0.1) is 0 Å². The molecule has 5 nitrogen and oxygen atoms in total. The Labute approximate surface area is 174 Å². The molecule has 0 aliphatic heterocycles. The topological polar surface area (TPSA) is 65.7 Å². The molecule has 0 atom stereocenters. The van der Waals surface area contributed by atoms with Crippen molar-refractivity contribution in [2.75, 3.05) is 6.61 Å². The van der Waals surface area contributed by atoms with E-state index in [2.05, 4.69) is 20.8 Å². The highest BCUT2D eigenvalue weighted by atomic mass is 35.5. The van der Waals surface area contributed by atoms with Crippen molar-refractivity contribution in [3.8, 4) is 5.75 Å². The number of ether oxygens (including phenoxy) is 2. The lowest BCUT2D eigenvalue weighted by Crippen LogP contribution is -2.16. The number of benzene rings is 2. The second kappa shape index (κ2) is 8.29. The van der Waals surface area contributed by atoms with Crippen molar-refractivity contribution < 1.29 is 18.7 Å². The molecule has 0 unspecified atom stereocenters. The summed E-state index contributed by atoms with van der Waals surface area (Å²) in [5.74, 6) is 0.0486. The van der Waals surface area contributed by atoms with Crippen LogP contribution in [-0.4, -0.2) is 12.6 Å². The summed E-state index contributed by atoms with van der Waals surface area (Å²) in [5, 5.41) is 1.17. The minimum atomic E-state index is -0.538. The zero-order chi connectivity index (χ0) is 21.2. The summed E-state index contributed by atoms with van der Waals surface area (Å²) in [6.07, 6.45) is 0. The Bertz CT molecular complexity index is 1090. The summed E-state index contributed by atoms with van der Waals surface area (Å²) in [5.41, 5.74) is 2.44. The molecule has 0 amide bonds. The van der Waals surface area contributed by atoms with Crippen molar-refractivity contribution in [3.05, 3.63) is 74.6 Å². The molecule has 1 heterocycles. The fourth-order valence-corrected chi connectivity index (χ4v) is 3.02. The molecule has 0 N–H and O–H groups in total. The zero-order valence-electron chi connectivity index (χ0n) is 16.9. The van der Waals surface area contributed by atoms with E-state index >= 15 is 0 Å². The second-order valence-electron chi connectivity index (χ2n) is 7.91. The van der Waals surface area contributed by atoms with Crippen LogP contribution in [-0.2, 0) is 21.6 Å². The van der Waals surface area contributed by atoms with Crippen LogP contribution in [0.4, 0.5) is 0 Å². The highest BCUT2D eigenvalue weighted by Crippen LogP contribution is 2.26. The first-order valence-electron chi connectivity index (χ1n) is 9.25. The first-order valence-corrected chi connectivity index (χ1v) is 9.63. The van der Waals surface area contributed by atoms with Crippen molar-refractivity contribution in [2.24, 2.45) is 0 Å². The fourth-order valence-electron chi connectivity index (χ4n) is 2.86. The van der Waals surface area contributed by atoms with Gasteiger partial charge in [-0.1, -0.05) is 44.5 Å². The third-order valence-electron chi connectivity index (χ3n) is 4.58. The van der Waals surface area contributed by atoms with E-state index in [1.54, 1.807) is 12.1 Å². The quantitative estimate of drug-likeness (QED) is 0.425. The van der Waals surface area contributed by atoms with Gasteiger partial charge in [-0.05, 0) is 47.7 Å². The predicted molar refractivity (Wildman–Crippen MR) is 113 cm³/mol. The summed E-state index contributed by atoms with van der Waals surface area (Å²) < 4.78 is 16.0. The lowest BCUT2D eigenvalue weighted by atomic mass is 9.87. The van der Waals surface area contributed by atoms with Crippen molar-refractivity contribution in [1.82, 2.24) is 0 Å². The van der Waals surface area contributed by atoms with Crippen molar-refractivity contribution >= 4 is 28.5 Å². The van der Waals surface area contributed by atoms with Crippen LogP contribution in [0.5, 0.6) is 5.75 Å². The predicted octanol–water partition coefficient (Wildman–Crippen LogP) is 5.17. The molecule has 1 aromatic heterocycles. The molecular weight excluding hydrogens is 392 g/mol.